The Bertz CT molecular complexity index is 595. The molecule has 158 valence electrons. The van der Waals surface area contributed by atoms with Crippen LogP contribution in [0.5, 0.6) is 0 Å². The van der Waals surface area contributed by atoms with Crippen LogP contribution < -0.4 is 0 Å². The molecular weight excluding hydrogens is 380 g/mol. The van der Waals surface area contributed by atoms with Crippen LogP contribution in [0, 0.1) is 5.92 Å². The zero-order valence-corrected chi connectivity index (χ0v) is 20.5. The zero-order valence-electron chi connectivity index (χ0n) is 18.8. The molecule has 1 aromatic carbocycles. The van der Waals surface area contributed by atoms with Crippen molar-refractivity contribution in [2.24, 2.45) is 5.92 Å². The number of hydrogen-bond acceptors (Lipinski definition) is 3. The smallest absolute Gasteiger partial charge is 0.133 e. The number of carbonyl (C=O) groups is 1. The van der Waals surface area contributed by atoms with Gasteiger partial charge in [-0.3, -0.25) is 4.79 Å². The second kappa shape index (κ2) is 13.5. The molecule has 3 heteroatoms. The molecular formula is C25H40OS2. The van der Waals surface area contributed by atoms with Crippen LogP contribution in [-0.4, -0.2) is 16.3 Å². The van der Waals surface area contributed by atoms with E-state index < -0.39 is 0 Å². The van der Waals surface area contributed by atoms with Crippen molar-refractivity contribution in [2.75, 3.05) is 5.75 Å². The van der Waals surface area contributed by atoms with Crippen molar-refractivity contribution in [2.45, 2.75) is 91.2 Å². The Hall–Kier alpha value is -0.670. The maximum atomic E-state index is 12.3. The SMILES string of the molecule is CC(C)=Cc1ccc(CCC(=O)CCC(C)(C)SSCCCCC(C)C)cc1. The molecule has 1 nitrogen and oxygen atoms in total. The van der Waals surface area contributed by atoms with E-state index in [9.17, 15) is 4.79 Å². The maximum Gasteiger partial charge on any atom is 0.133 e. The predicted molar refractivity (Wildman–Crippen MR) is 131 cm³/mol. The first kappa shape index (κ1) is 25.4. The Morgan fingerprint density at radius 3 is 2.36 bits per heavy atom. The van der Waals surface area contributed by atoms with Crippen LogP contribution >= 0.6 is 21.6 Å². The van der Waals surface area contributed by atoms with E-state index in [0.717, 1.165) is 18.8 Å². The molecule has 0 N–H and O–H groups in total. The fourth-order valence-corrected chi connectivity index (χ4v) is 5.64. The summed E-state index contributed by atoms with van der Waals surface area (Å²) < 4.78 is 0.171. The third-order valence-corrected chi connectivity index (χ3v) is 8.11. The number of benzene rings is 1. The van der Waals surface area contributed by atoms with Gasteiger partial charge in [-0.15, -0.1) is 0 Å². The van der Waals surface area contributed by atoms with Crippen molar-refractivity contribution in [3.05, 3.63) is 41.0 Å². The van der Waals surface area contributed by atoms with Crippen molar-refractivity contribution in [3.8, 4) is 0 Å². The lowest BCUT2D eigenvalue weighted by Gasteiger charge is -2.22. The van der Waals surface area contributed by atoms with Gasteiger partial charge >= 0.3 is 0 Å². The van der Waals surface area contributed by atoms with Crippen molar-refractivity contribution < 1.29 is 4.79 Å². The number of hydrogen-bond donors (Lipinski definition) is 0. The maximum absolute atomic E-state index is 12.3. The molecule has 0 bridgehead atoms. The molecule has 0 heterocycles. The van der Waals surface area contributed by atoms with Gasteiger partial charge in [0.2, 0.25) is 0 Å². The van der Waals surface area contributed by atoms with Gasteiger partial charge in [0.15, 0.2) is 0 Å². The first-order valence-corrected chi connectivity index (χ1v) is 13.1. The summed E-state index contributed by atoms with van der Waals surface area (Å²) in [5, 5.41) is 0. The van der Waals surface area contributed by atoms with E-state index in [0.29, 0.717) is 18.6 Å². The van der Waals surface area contributed by atoms with Gasteiger partial charge < -0.3 is 0 Å². The summed E-state index contributed by atoms with van der Waals surface area (Å²) in [5.74, 6) is 2.43. The number of Topliss-reactive ketones (excluding diaryl/α,β-unsaturated/α-hetero) is 1. The highest BCUT2D eigenvalue weighted by Crippen LogP contribution is 2.39. The lowest BCUT2D eigenvalue weighted by Crippen LogP contribution is -2.15. The lowest BCUT2D eigenvalue weighted by molar-refractivity contribution is -0.119. The molecule has 0 atom stereocenters. The lowest BCUT2D eigenvalue weighted by atomic mass is 10.00. The average molecular weight is 421 g/mol. The molecule has 0 aliphatic heterocycles. The van der Waals surface area contributed by atoms with Gasteiger partial charge in [-0.25, -0.2) is 0 Å². The van der Waals surface area contributed by atoms with E-state index in [2.05, 4.69) is 71.9 Å². The standard InChI is InChI=1S/C25H40OS2/c1-20(2)9-7-8-18-27-28-25(5,6)17-16-24(26)15-14-22-10-12-23(13-11-22)19-21(3)4/h10-13,19-20H,7-9,14-18H2,1-6H3. The first-order chi connectivity index (χ1) is 13.2. The van der Waals surface area contributed by atoms with E-state index in [1.54, 1.807) is 0 Å². The van der Waals surface area contributed by atoms with Crippen LogP contribution in [0.4, 0.5) is 0 Å². The van der Waals surface area contributed by atoms with Crippen molar-refractivity contribution in [3.63, 3.8) is 0 Å². The molecule has 0 radical (unpaired) electrons. The second-order valence-corrected chi connectivity index (χ2v) is 12.2. The van der Waals surface area contributed by atoms with E-state index in [1.807, 2.05) is 21.6 Å². The van der Waals surface area contributed by atoms with E-state index >= 15 is 0 Å². The number of aryl methyl sites for hydroxylation is 1. The second-order valence-electron chi connectivity index (χ2n) is 9.06. The quantitative estimate of drug-likeness (QED) is 0.222. The van der Waals surface area contributed by atoms with Crippen LogP contribution in [0.2, 0.25) is 0 Å². The van der Waals surface area contributed by atoms with Gasteiger partial charge in [0, 0.05) is 23.3 Å². The van der Waals surface area contributed by atoms with Gasteiger partial charge in [0.05, 0.1) is 0 Å². The summed E-state index contributed by atoms with van der Waals surface area (Å²) in [6, 6.07) is 8.59. The highest BCUT2D eigenvalue weighted by Gasteiger charge is 2.20. The summed E-state index contributed by atoms with van der Waals surface area (Å²) >= 11 is 0. The fraction of sp³-hybridized carbons (Fsp3) is 0.640. The van der Waals surface area contributed by atoms with Crippen LogP contribution in [0.25, 0.3) is 6.08 Å². The number of ketones is 1. The molecule has 0 amide bonds. The summed E-state index contributed by atoms with van der Waals surface area (Å²) in [6.45, 7) is 13.3. The third kappa shape index (κ3) is 12.7. The summed E-state index contributed by atoms with van der Waals surface area (Å²) in [7, 11) is 3.94. The molecule has 1 aromatic rings. The Labute approximate surface area is 181 Å². The normalized spacial score (nSPS) is 11.7. The Morgan fingerprint density at radius 1 is 1.07 bits per heavy atom. The van der Waals surface area contributed by atoms with Gasteiger partial charge in [-0.2, -0.15) is 0 Å². The summed E-state index contributed by atoms with van der Waals surface area (Å²) in [6.07, 6.45) is 9.32. The molecule has 1 rings (SSSR count). The summed E-state index contributed by atoms with van der Waals surface area (Å²) in [4.78, 5) is 12.3. The largest absolute Gasteiger partial charge is 0.300 e. The fourth-order valence-electron chi connectivity index (χ4n) is 2.92. The Kier molecular flexibility index (Phi) is 12.3. The number of unbranched alkanes of at least 4 members (excludes halogenated alkanes) is 1. The first-order valence-electron chi connectivity index (χ1n) is 10.7. The molecule has 28 heavy (non-hydrogen) atoms. The molecule has 0 saturated carbocycles. The van der Waals surface area contributed by atoms with Gasteiger partial charge in [-0.1, -0.05) is 84.2 Å². The molecule has 0 saturated heterocycles. The third-order valence-electron chi connectivity index (χ3n) is 4.68. The number of rotatable bonds is 14. The Morgan fingerprint density at radius 2 is 1.75 bits per heavy atom. The van der Waals surface area contributed by atoms with E-state index in [-0.39, 0.29) is 4.75 Å². The predicted octanol–water partition coefficient (Wildman–Crippen LogP) is 8.38. The highest BCUT2D eigenvalue weighted by molar-refractivity contribution is 8.77. The van der Waals surface area contributed by atoms with E-state index in [1.165, 1.54) is 41.7 Å². The highest BCUT2D eigenvalue weighted by atomic mass is 33.1. The molecule has 0 aromatic heterocycles. The van der Waals surface area contributed by atoms with Gasteiger partial charge in [0.25, 0.3) is 0 Å². The van der Waals surface area contributed by atoms with Gasteiger partial charge in [0.1, 0.15) is 5.78 Å². The monoisotopic (exact) mass is 420 g/mol. The minimum Gasteiger partial charge on any atom is -0.300 e. The van der Waals surface area contributed by atoms with E-state index in [4.69, 9.17) is 0 Å². The minimum atomic E-state index is 0.171. The van der Waals surface area contributed by atoms with Crippen molar-refractivity contribution in [1.29, 1.82) is 0 Å². The molecule has 0 spiro atoms. The topological polar surface area (TPSA) is 17.1 Å². The van der Waals surface area contributed by atoms with Crippen LogP contribution in [0.1, 0.15) is 91.2 Å². The number of carbonyl (C=O) groups excluding carboxylic acids is 1. The minimum absolute atomic E-state index is 0.171. The van der Waals surface area contributed by atoms with Crippen LogP contribution in [0.3, 0.4) is 0 Å². The van der Waals surface area contributed by atoms with Gasteiger partial charge in [-0.05, 0) is 64.0 Å². The Balaban J connectivity index is 2.23. The van der Waals surface area contributed by atoms with Crippen molar-refractivity contribution >= 4 is 33.4 Å². The zero-order chi connectivity index (χ0) is 21.0. The molecule has 0 unspecified atom stereocenters. The summed E-state index contributed by atoms with van der Waals surface area (Å²) in [5.41, 5.74) is 3.79. The van der Waals surface area contributed by atoms with Crippen LogP contribution in [0.15, 0.2) is 29.8 Å². The molecule has 0 fully saturated rings. The molecule has 0 aliphatic carbocycles. The van der Waals surface area contributed by atoms with Crippen molar-refractivity contribution in [1.82, 2.24) is 0 Å². The van der Waals surface area contributed by atoms with Crippen LogP contribution in [-0.2, 0) is 11.2 Å². The average Bonchev–Trinajstić information content (AvgIpc) is 2.61. The number of allylic oxidation sites excluding steroid dienone is 1. The molecule has 0 aliphatic rings.